The molecule has 3 aromatic heterocycles. The van der Waals surface area contributed by atoms with Crippen molar-refractivity contribution in [3.8, 4) is 5.95 Å². The van der Waals surface area contributed by atoms with Crippen LogP contribution < -0.4 is 0 Å². The predicted octanol–water partition coefficient (Wildman–Crippen LogP) is 2.18. The maximum absolute atomic E-state index is 13.0. The summed E-state index contributed by atoms with van der Waals surface area (Å²) in [6.45, 7) is 12.0. The Balaban J connectivity index is 1.41. The zero-order chi connectivity index (χ0) is 22.0. The number of nitrogens with zero attached hydrogens (tertiary/aromatic N) is 7. The van der Waals surface area contributed by atoms with Crippen LogP contribution in [0.4, 0.5) is 0 Å². The van der Waals surface area contributed by atoms with E-state index in [4.69, 9.17) is 0 Å². The van der Waals surface area contributed by atoms with Gasteiger partial charge in [-0.2, -0.15) is 5.10 Å². The van der Waals surface area contributed by atoms with Crippen molar-refractivity contribution in [2.75, 3.05) is 26.2 Å². The summed E-state index contributed by atoms with van der Waals surface area (Å²) in [5.41, 5.74) is 5.79. The zero-order valence-corrected chi connectivity index (χ0v) is 18.7. The molecular formula is C23H29N7O. The van der Waals surface area contributed by atoms with E-state index in [0.717, 1.165) is 61.1 Å². The lowest BCUT2D eigenvalue weighted by Gasteiger charge is -2.34. The van der Waals surface area contributed by atoms with Crippen LogP contribution in [0.15, 0.2) is 30.6 Å². The van der Waals surface area contributed by atoms with E-state index in [9.17, 15) is 4.79 Å². The van der Waals surface area contributed by atoms with E-state index in [1.807, 2.05) is 63.2 Å². The maximum Gasteiger partial charge on any atom is 0.251 e. The molecule has 8 nitrogen and oxygen atoms in total. The lowest BCUT2D eigenvalue weighted by atomic mass is 10.1. The van der Waals surface area contributed by atoms with Crippen molar-refractivity contribution < 1.29 is 4.79 Å². The number of pyridine rings is 1. The molecule has 4 heterocycles. The number of rotatable bonds is 5. The lowest BCUT2D eigenvalue weighted by molar-refractivity contribution is -0.132. The molecule has 1 amide bonds. The minimum atomic E-state index is 0.149. The Bertz CT molecular complexity index is 1050. The molecule has 0 saturated carbocycles. The van der Waals surface area contributed by atoms with Crippen LogP contribution in [0.25, 0.3) is 5.95 Å². The molecule has 0 N–H and O–H groups in total. The first-order valence-electron chi connectivity index (χ1n) is 10.7. The highest BCUT2D eigenvalue weighted by molar-refractivity contribution is 5.79. The fourth-order valence-electron chi connectivity index (χ4n) is 4.09. The fourth-order valence-corrected chi connectivity index (χ4v) is 4.09. The SMILES string of the molecule is Cc1cc(C)nc(-n2nc(C)c(CC(=O)N3CCN(Cc4ccncc4)CC3)c2C)n1. The van der Waals surface area contributed by atoms with Crippen molar-refractivity contribution in [2.45, 2.75) is 40.7 Å². The van der Waals surface area contributed by atoms with E-state index in [-0.39, 0.29) is 5.91 Å². The molecule has 0 aliphatic carbocycles. The molecule has 0 bridgehead atoms. The van der Waals surface area contributed by atoms with Crippen molar-refractivity contribution in [3.05, 3.63) is 64.5 Å². The van der Waals surface area contributed by atoms with Gasteiger partial charge in [-0.25, -0.2) is 14.6 Å². The standard InChI is InChI=1S/C23H29N7O/c1-16-13-17(2)26-23(25-16)30-19(4)21(18(3)27-30)14-22(31)29-11-9-28(10-12-29)15-20-5-7-24-8-6-20/h5-8,13H,9-12,14-15H2,1-4H3. The van der Waals surface area contributed by atoms with Gasteiger partial charge in [-0.15, -0.1) is 0 Å². The molecule has 8 heteroatoms. The first kappa shape index (κ1) is 21.1. The summed E-state index contributed by atoms with van der Waals surface area (Å²) < 4.78 is 1.75. The van der Waals surface area contributed by atoms with Gasteiger partial charge >= 0.3 is 0 Å². The van der Waals surface area contributed by atoms with Crippen molar-refractivity contribution in [2.24, 2.45) is 0 Å². The van der Waals surface area contributed by atoms with E-state index < -0.39 is 0 Å². The molecule has 1 aliphatic heterocycles. The molecule has 1 fully saturated rings. The topological polar surface area (TPSA) is 80.0 Å². The molecule has 4 rings (SSSR count). The third kappa shape index (κ3) is 4.80. The molecule has 0 radical (unpaired) electrons. The van der Waals surface area contributed by atoms with Gasteiger partial charge in [0.15, 0.2) is 0 Å². The maximum atomic E-state index is 13.0. The number of aromatic nitrogens is 5. The van der Waals surface area contributed by atoms with Gasteiger partial charge in [0.1, 0.15) is 0 Å². The van der Waals surface area contributed by atoms with Gasteiger partial charge in [0.2, 0.25) is 5.91 Å². The summed E-state index contributed by atoms with van der Waals surface area (Å²) in [7, 11) is 0. The van der Waals surface area contributed by atoms with Gasteiger partial charge in [0.25, 0.3) is 5.95 Å². The summed E-state index contributed by atoms with van der Waals surface area (Å²) in [4.78, 5) is 30.5. The van der Waals surface area contributed by atoms with Crippen LogP contribution in [-0.4, -0.2) is 66.6 Å². The molecular weight excluding hydrogens is 390 g/mol. The van der Waals surface area contributed by atoms with Gasteiger partial charge in [0.05, 0.1) is 12.1 Å². The Kier molecular flexibility index (Phi) is 6.08. The molecule has 31 heavy (non-hydrogen) atoms. The molecule has 1 aliphatic rings. The number of carbonyl (C=O) groups excluding carboxylic acids is 1. The third-order valence-electron chi connectivity index (χ3n) is 5.81. The highest BCUT2D eigenvalue weighted by Crippen LogP contribution is 2.19. The average molecular weight is 420 g/mol. The van der Waals surface area contributed by atoms with Crippen LogP contribution in [0, 0.1) is 27.7 Å². The van der Waals surface area contributed by atoms with E-state index >= 15 is 0 Å². The minimum absolute atomic E-state index is 0.149. The molecule has 0 spiro atoms. The van der Waals surface area contributed by atoms with Gasteiger partial charge < -0.3 is 4.90 Å². The summed E-state index contributed by atoms with van der Waals surface area (Å²) in [6, 6.07) is 6.02. The van der Waals surface area contributed by atoms with Crippen LogP contribution in [0.3, 0.4) is 0 Å². The minimum Gasteiger partial charge on any atom is -0.340 e. The summed E-state index contributed by atoms with van der Waals surface area (Å²) in [6.07, 6.45) is 4.00. The van der Waals surface area contributed by atoms with Crippen molar-refractivity contribution in [3.63, 3.8) is 0 Å². The van der Waals surface area contributed by atoms with Gasteiger partial charge in [-0.05, 0) is 51.5 Å². The number of aryl methyl sites for hydroxylation is 3. The van der Waals surface area contributed by atoms with Crippen molar-refractivity contribution >= 4 is 5.91 Å². The molecule has 0 atom stereocenters. The van der Waals surface area contributed by atoms with Crippen LogP contribution in [0.1, 0.15) is 33.9 Å². The van der Waals surface area contributed by atoms with Gasteiger partial charge in [-0.1, -0.05) is 0 Å². The van der Waals surface area contributed by atoms with Crippen molar-refractivity contribution in [1.29, 1.82) is 0 Å². The molecule has 162 valence electrons. The number of piperazine rings is 1. The van der Waals surface area contributed by atoms with E-state index in [0.29, 0.717) is 12.4 Å². The normalized spacial score (nSPS) is 14.8. The fraction of sp³-hybridized carbons (Fsp3) is 0.435. The smallest absolute Gasteiger partial charge is 0.251 e. The number of amides is 1. The lowest BCUT2D eigenvalue weighted by Crippen LogP contribution is -2.48. The average Bonchev–Trinajstić information content (AvgIpc) is 3.02. The molecule has 3 aromatic rings. The predicted molar refractivity (Wildman–Crippen MR) is 118 cm³/mol. The second-order valence-electron chi connectivity index (χ2n) is 8.20. The van der Waals surface area contributed by atoms with Crippen molar-refractivity contribution in [1.82, 2.24) is 34.5 Å². The van der Waals surface area contributed by atoms with Crippen LogP contribution in [-0.2, 0) is 17.8 Å². The summed E-state index contributed by atoms with van der Waals surface area (Å²) >= 11 is 0. The molecule has 0 unspecified atom stereocenters. The molecule has 0 aromatic carbocycles. The Hall–Kier alpha value is -3.13. The van der Waals surface area contributed by atoms with Crippen LogP contribution in [0.2, 0.25) is 0 Å². The second-order valence-corrected chi connectivity index (χ2v) is 8.20. The van der Waals surface area contributed by atoms with E-state index in [1.54, 1.807) is 4.68 Å². The highest BCUT2D eigenvalue weighted by atomic mass is 16.2. The Morgan fingerprint density at radius 2 is 1.61 bits per heavy atom. The summed E-state index contributed by atoms with van der Waals surface area (Å²) in [5.74, 6) is 0.706. The van der Waals surface area contributed by atoms with Crippen LogP contribution in [0.5, 0.6) is 0 Å². The van der Waals surface area contributed by atoms with Gasteiger partial charge in [-0.3, -0.25) is 14.7 Å². The number of carbonyl (C=O) groups is 1. The zero-order valence-electron chi connectivity index (χ0n) is 18.7. The first-order chi connectivity index (χ1) is 14.9. The highest BCUT2D eigenvalue weighted by Gasteiger charge is 2.24. The number of hydrogen-bond acceptors (Lipinski definition) is 6. The van der Waals surface area contributed by atoms with E-state index in [2.05, 4.69) is 25.0 Å². The third-order valence-corrected chi connectivity index (χ3v) is 5.81. The summed E-state index contributed by atoms with van der Waals surface area (Å²) in [5, 5.41) is 4.63. The quantitative estimate of drug-likeness (QED) is 0.631. The molecule has 1 saturated heterocycles. The Morgan fingerprint density at radius 3 is 2.26 bits per heavy atom. The van der Waals surface area contributed by atoms with E-state index in [1.165, 1.54) is 5.56 Å². The Labute approximate surface area is 183 Å². The monoisotopic (exact) mass is 419 g/mol. The first-order valence-corrected chi connectivity index (χ1v) is 10.7. The van der Waals surface area contributed by atoms with Crippen LogP contribution >= 0.6 is 0 Å². The second kappa shape index (κ2) is 8.93. The van der Waals surface area contributed by atoms with Gasteiger partial charge in [0, 0.05) is 67.8 Å². The Morgan fingerprint density at radius 1 is 0.968 bits per heavy atom. The largest absolute Gasteiger partial charge is 0.340 e. The number of hydrogen-bond donors (Lipinski definition) is 0.